The van der Waals surface area contributed by atoms with Crippen molar-refractivity contribution in [3.8, 4) is 0 Å². The second kappa shape index (κ2) is 5.76. The Morgan fingerprint density at radius 2 is 1.58 bits per heavy atom. The van der Waals surface area contributed by atoms with Crippen LogP contribution in [-0.2, 0) is 16.3 Å². The molecule has 19 heavy (non-hydrogen) atoms. The Morgan fingerprint density at radius 1 is 1.05 bits per heavy atom. The summed E-state index contributed by atoms with van der Waals surface area (Å²) >= 11 is 30.0. The van der Waals surface area contributed by atoms with Gasteiger partial charge in [-0.3, -0.25) is 0 Å². The van der Waals surface area contributed by atoms with Crippen LogP contribution in [0.3, 0.4) is 0 Å². The molecule has 0 N–H and O–H groups in total. The van der Waals surface area contributed by atoms with E-state index in [9.17, 15) is 0 Å². The van der Waals surface area contributed by atoms with Crippen LogP contribution in [0.1, 0.15) is 45.5 Å². The zero-order valence-electron chi connectivity index (χ0n) is 11.1. The van der Waals surface area contributed by atoms with Crippen molar-refractivity contribution in [3.05, 3.63) is 11.4 Å². The molecule has 0 spiro atoms. The Balaban J connectivity index is 3.46. The molecule has 0 unspecified atom stereocenters. The molecule has 0 amide bonds. The Hall–Kier alpha value is 0.590. The van der Waals surface area contributed by atoms with Crippen molar-refractivity contribution in [2.24, 2.45) is 0 Å². The molecule has 0 radical (unpaired) electrons. The van der Waals surface area contributed by atoms with E-state index in [2.05, 4.69) is 10.3 Å². The van der Waals surface area contributed by atoms with Gasteiger partial charge in [0.2, 0.25) is 8.13 Å². The minimum absolute atomic E-state index is 0.279. The Bertz CT molecular complexity index is 442. The summed E-state index contributed by atoms with van der Waals surface area (Å²) in [5.74, 6) is 0. The van der Waals surface area contributed by atoms with Crippen molar-refractivity contribution in [3.63, 3.8) is 0 Å². The largest absolute Gasteiger partial charge is 0.248 e. The molecule has 110 valence electrons. The molecule has 0 aliphatic rings. The van der Waals surface area contributed by atoms with Gasteiger partial charge in [-0.05, 0) is 6.42 Å². The van der Waals surface area contributed by atoms with E-state index in [0.29, 0.717) is 6.54 Å². The summed E-state index contributed by atoms with van der Waals surface area (Å²) in [6.07, 6.45) is 0.900. The second-order valence-electron chi connectivity index (χ2n) is 5.33. The molecule has 0 saturated carbocycles. The third-order valence-corrected chi connectivity index (χ3v) is 4.89. The number of rotatable bonds is 3. The lowest BCUT2D eigenvalue weighted by atomic mass is 9.89. The lowest BCUT2D eigenvalue weighted by Crippen LogP contribution is -2.33. The highest BCUT2D eigenvalue weighted by Gasteiger charge is 2.52. The minimum Gasteiger partial charge on any atom is -0.248 e. The lowest BCUT2D eigenvalue weighted by molar-refractivity contribution is 0.473. The van der Waals surface area contributed by atoms with Crippen molar-refractivity contribution < 1.29 is 0 Å². The van der Waals surface area contributed by atoms with Crippen molar-refractivity contribution in [1.29, 1.82) is 0 Å². The van der Waals surface area contributed by atoms with Crippen LogP contribution in [0.5, 0.6) is 0 Å². The van der Waals surface area contributed by atoms with Gasteiger partial charge >= 0.3 is 0 Å². The van der Waals surface area contributed by atoms with Crippen LogP contribution in [0.2, 0.25) is 0 Å². The fraction of sp³-hybridized carbons (Fsp3) is 0.818. The monoisotopic (exact) mass is 365 g/mol. The molecule has 0 aliphatic carbocycles. The summed E-state index contributed by atoms with van der Waals surface area (Å²) in [6, 6.07) is 0. The maximum atomic E-state index is 6.22. The molecule has 1 rings (SSSR count). The topological polar surface area (TPSA) is 30.7 Å². The number of halogens is 5. The fourth-order valence-corrected chi connectivity index (χ4v) is 2.29. The predicted molar refractivity (Wildman–Crippen MR) is 82.7 cm³/mol. The van der Waals surface area contributed by atoms with Crippen LogP contribution >= 0.6 is 58.0 Å². The van der Waals surface area contributed by atoms with E-state index in [1.807, 2.05) is 27.7 Å². The normalized spacial score (nSPS) is 13.9. The molecule has 3 nitrogen and oxygen atoms in total. The highest BCUT2D eigenvalue weighted by molar-refractivity contribution is 6.75. The summed E-state index contributed by atoms with van der Waals surface area (Å²) in [5, 5.41) is 8.11. The van der Waals surface area contributed by atoms with Gasteiger partial charge in [0.15, 0.2) is 0 Å². The summed E-state index contributed by atoms with van der Waals surface area (Å²) in [7, 11) is 0. The van der Waals surface area contributed by atoms with Crippen LogP contribution in [0.15, 0.2) is 0 Å². The SMILES string of the molecule is CCCn1nnc(C(Cl)(Cl)C(Cl)(Cl)Cl)c1C(C)(C)C. The van der Waals surface area contributed by atoms with Gasteiger partial charge in [-0.25, -0.2) is 4.68 Å². The molecule has 1 aromatic rings. The van der Waals surface area contributed by atoms with Gasteiger partial charge in [0.25, 0.3) is 0 Å². The van der Waals surface area contributed by atoms with Gasteiger partial charge in [0.05, 0.1) is 5.69 Å². The molecule has 0 atom stereocenters. The van der Waals surface area contributed by atoms with Gasteiger partial charge < -0.3 is 0 Å². The van der Waals surface area contributed by atoms with E-state index in [1.165, 1.54) is 0 Å². The van der Waals surface area contributed by atoms with Gasteiger partial charge in [-0.15, -0.1) is 5.10 Å². The molecule has 1 heterocycles. The Kier molecular flexibility index (Phi) is 5.35. The highest BCUT2D eigenvalue weighted by Crippen LogP contribution is 2.54. The number of nitrogens with zero attached hydrogens (tertiary/aromatic N) is 3. The zero-order chi connectivity index (χ0) is 15.1. The number of aromatic nitrogens is 3. The second-order valence-corrected chi connectivity index (χ2v) is 8.94. The molecule has 8 heteroatoms. The molecule has 1 aromatic heterocycles. The minimum atomic E-state index is -1.90. The average molecular weight is 368 g/mol. The van der Waals surface area contributed by atoms with Gasteiger partial charge in [-0.1, -0.05) is 90.9 Å². The number of hydrogen-bond acceptors (Lipinski definition) is 2. The van der Waals surface area contributed by atoms with Crippen molar-refractivity contribution in [2.75, 3.05) is 0 Å². The molecule has 0 aliphatic heterocycles. The third-order valence-electron chi connectivity index (χ3n) is 2.53. The molecule has 0 aromatic carbocycles. The number of alkyl halides is 5. The van der Waals surface area contributed by atoms with E-state index < -0.39 is 8.13 Å². The summed E-state index contributed by atoms with van der Waals surface area (Å²) in [6.45, 7) is 8.75. The first-order valence-electron chi connectivity index (χ1n) is 5.82. The lowest BCUT2D eigenvalue weighted by Gasteiger charge is -2.29. The number of hydrogen-bond donors (Lipinski definition) is 0. The first-order chi connectivity index (χ1) is 8.43. The van der Waals surface area contributed by atoms with Crippen molar-refractivity contribution in [1.82, 2.24) is 15.0 Å². The van der Waals surface area contributed by atoms with E-state index in [1.54, 1.807) is 4.68 Å². The van der Waals surface area contributed by atoms with Crippen LogP contribution in [0.4, 0.5) is 0 Å². The smallest absolute Gasteiger partial charge is 0.228 e. The van der Waals surface area contributed by atoms with Crippen molar-refractivity contribution >= 4 is 58.0 Å². The van der Waals surface area contributed by atoms with E-state index in [-0.39, 0.29) is 11.1 Å². The number of aryl methyl sites for hydroxylation is 1. The fourth-order valence-electron chi connectivity index (χ4n) is 1.77. The van der Waals surface area contributed by atoms with E-state index in [0.717, 1.165) is 12.1 Å². The Labute approximate surface area is 138 Å². The first-order valence-corrected chi connectivity index (χ1v) is 7.71. The van der Waals surface area contributed by atoms with E-state index in [4.69, 9.17) is 58.0 Å². The third kappa shape index (κ3) is 3.62. The van der Waals surface area contributed by atoms with E-state index >= 15 is 0 Å². The maximum Gasteiger partial charge on any atom is 0.228 e. The zero-order valence-corrected chi connectivity index (χ0v) is 14.9. The van der Waals surface area contributed by atoms with Crippen LogP contribution in [-0.4, -0.2) is 18.8 Å². The maximum absolute atomic E-state index is 6.22. The molecule has 0 bridgehead atoms. The summed E-state index contributed by atoms with van der Waals surface area (Å²) in [4.78, 5) is 0. The quantitative estimate of drug-likeness (QED) is 0.705. The van der Waals surface area contributed by atoms with Crippen molar-refractivity contribution in [2.45, 2.75) is 54.2 Å². The van der Waals surface area contributed by atoms with Crippen LogP contribution < -0.4 is 0 Å². The van der Waals surface area contributed by atoms with Crippen LogP contribution in [0, 0.1) is 0 Å². The summed E-state index contributed by atoms with van der Waals surface area (Å²) < 4.78 is -1.90. The standard InChI is InChI=1S/C11H16Cl5N3/c1-5-6-19-8(9(2,3)4)7(17-18-19)10(12,13)11(14,15)16/h5-6H2,1-4H3. The summed E-state index contributed by atoms with van der Waals surface area (Å²) in [5.41, 5.74) is 0.779. The van der Waals surface area contributed by atoms with Gasteiger partial charge in [-0.2, -0.15) is 0 Å². The first kappa shape index (κ1) is 17.6. The van der Waals surface area contributed by atoms with Crippen LogP contribution in [0.25, 0.3) is 0 Å². The van der Waals surface area contributed by atoms with Gasteiger partial charge in [0.1, 0.15) is 5.69 Å². The Morgan fingerprint density at radius 3 is 1.95 bits per heavy atom. The molecular weight excluding hydrogens is 351 g/mol. The molecule has 0 saturated heterocycles. The molecular formula is C11H16Cl5N3. The average Bonchev–Trinajstić information content (AvgIpc) is 2.60. The predicted octanol–water partition coefficient (Wildman–Crippen LogP) is 4.99. The highest BCUT2D eigenvalue weighted by atomic mass is 35.6. The molecule has 0 fully saturated rings. The van der Waals surface area contributed by atoms with Gasteiger partial charge in [0, 0.05) is 12.0 Å².